The fourth-order valence-corrected chi connectivity index (χ4v) is 1.08. The molecule has 94 valence electrons. The van der Waals surface area contributed by atoms with Crippen molar-refractivity contribution in [3.63, 3.8) is 0 Å². The van der Waals surface area contributed by atoms with Crippen molar-refractivity contribution in [3.8, 4) is 0 Å². The number of hydrogen-bond acceptors (Lipinski definition) is 3. The Morgan fingerprint density at radius 1 is 1.29 bits per heavy atom. The second-order valence-corrected chi connectivity index (χ2v) is 3.30. The van der Waals surface area contributed by atoms with Gasteiger partial charge in [-0.1, -0.05) is 13.0 Å². The molecule has 0 aromatic rings. The number of carbonyl (C=O) groups is 3. The van der Waals surface area contributed by atoms with Gasteiger partial charge in [-0.05, 0) is 25.0 Å². The maximum Gasteiger partial charge on any atom is 0.226 e. The summed E-state index contributed by atoms with van der Waals surface area (Å²) in [7, 11) is 0. The molecule has 0 unspecified atom stereocenters. The van der Waals surface area contributed by atoms with E-state index in [0.717, 1.165) is 6.29 Å². The first-order valence-corrected chi connectivity index (χ1v) is 5.46. The number of nitrogens with one attached hydrogen (secondary N) is 2. The standard InChI is InChI=1S/C12H18N2O3/c1-3-10(8-15)7-11(4-2)14-12(17)5-6-13-9-16/h4,7-9H,3,5-6H2,1-2H3,(H,13,16)(H,14,17)/b10-7+,11-4+. The van der Waals surface area contributed by atoms with Crippen molar-refractivity contribution >= 4 is 18.6 Å². The summed E-state index contributed by atoms with van der Waals surface area (Å²) in [5, 5.41) is 5.06. The number of hydrogen-bond donors (Lipinski definition) is 2. The van der Waals surface area contributed by atoms with Gasteiger partial charge in [0, 0.05) is 18.7 Å². The molecule has 17 heavy (non-hydrogen) atoms. The monoisotopic (exact) mass is 238 g/mol. The van der Waals surface area contributed by atoms with E-state index in [-0.39, 0.29) is 12.3 Å². The Hall–Kier alpha value is -1.91. The highest BCUT2D eigenvalue weighted by molar-refractivity contribution is 5.80. The molecule has 0 rings (SSSR count). The van der Waals surface area contributed by atoms with Gasteiger partial charge >= 0.3 is 0 Å². The molecule has 0 bridgehead atoms. The fraction of sp³-hybridized carbons (Fsp3) is 0.417. The van der Waals surface area contributed by atoms with E-state index in [2.05, 4.69) is 10.6 Å². The summed E-state index contributed by atoms with van der Waals surface area (Å²) in [5.41, 5.74) is 1.20. The van der Waals surface area contributed by atoms with E-state index in [1.54, 1.807) is 19.1 Å². The van der Waals surface area contributed by atoms with Gasteiger partial charge in [-0.25, -0.2) is 0 Å². The first-order chi connectivity index (χ1) is 8.17. The van der Waals surface area contributed by atoms with Gasteiger partial charge in [-0.15, -0.1) is 0 Å². The van der Waals surface area contributed by atoms with Gasteiger partial charge in [-0.2, -0.15) is 0 Å². The summed E-state index contributed by atoms with van der Waals surface area (Å²) < 4.78 is 0. The van der Waals surface area contributed by atoms with E-state index in [9.17, 15) is 14.4 Å². The van der Waals surface area contributed by atoms with E-state index in [0.29, 0.717) is 30.6 Å². The molecular formula is C12H18N2O3. The summed E-state index contributed by atoms with van der Waals surface area (Å²) in [4.78, 5) is 32.0. The van der Waals surface area contributed by atoms with E-state index in [1.807, 2.05) is 6.92 Å². The maximum atomic E-state index is 11.4. The first-order valence-electron chi connectivity index (χ1n) is 5.46. The molecule has 0 atom stereocenters. The molecule has 0 aliphatic heterocycles. The minimum absolute atomic E-state index is 0.201. The molecule has 0 aliphatic rings. The Morgan fingerprint density at radius 3 is 2.47 bits per heavy atom. The van der Waals surface area contributed by atoms with Crippen LogP contribution in [-0.2, 0) is 14.4 Å². The molecule has 0 aromatic carbocycles. The highest BCUT2D eigenvalue weighted by Gasteiger charge is 2.02. The van der Waals surface area contributed by atoms with Crippen LogP contribution in [0.2, 0.25) is 0 Å². The van der Waals surface area contributed by atoms with Gasteiger partial charge in [0.25, 0.3) is 0 Å². The van der Waals surface area contributed by atoms with Gasteiger partial charge in [-0.3, -0.25) is 14.4 Å². The Morgan fingerprint density at radius 2 is 2.00 bits per heavy atom. The summed E-state index contributed by atoms with van der Waals surface area (Å²) >= 11 is 0. The second-order valence-electron chi connectivity index (χ2n) is 3.30. The lowest BCUT2D eigenvalue weighted by atomic mass is 10.2. The van der Waals surface area contributed by atoms with Crippen LogP contribution in [0, 0.1) is 0 Å². The Balaban J connectivity index is 4.32. The van der Waals surface area contributed by atoms with Crippen LogP contribution in [0.15, 0.2) is 23.4 Å². The molecule has 0 aliphatic carbocycles. The van der Waals surface area contributed by atoms with Crippen LogP contribution in [0.4, 0.5) is 0 Å². The maximum absolute atomic E-state index is 11.4. The van der Waals surface area contributed by atoms with Crippen molar-refractivity contribution < 1.29 is 14.4 Å². The third-order valence-electron chi connectivity index (χ3n) is 2.08. The lowest BCUT2D eigenvalue weighted by Crippen LogP contribution is -2.26. The van der Waals surface area contributed by atoms with Crippen molar-refractivity contribution in [2.24, 2.45) is 0 Å². The van der Waals surface area contributed by atoms with E-state index >= 15 is 0 Å². The molecule has 2 N–H and O–H groups in total. The van der Waals surface area contributed by atoms with Crippen LogP contribution in [-0.4, -0.2) is 25.1 Å². The largest absolute Gasteiger partial charge is 0.358 e. The average molecular weight is 238 g/mol. The molecule has 0 saturated heterocycles. The van der Waals surface area contributed by atoms with Gasteiger partial charge in [0.05, 0.1) is 0 Å². The molecule has 0 spiro atoms. The van der Waals surface area contributed by atoms with Crippen LogP contribution >= 0.6 is 0 Å². The third kappa shape index (κ3) is 7.05. The Bertz CT molecular complexity index is 333. The van der Waals surface area contributed by atoms with Crippen molar-refractivity contribution in [1.29, 1.82) is 0 Å². The predicted octanol–water partition coefficient (Wildman–Crippen LogP) is 0.678. The molecular weight excluding hydrogens is 220 g/mol. The predicted molar refractivity (Wildman–Crippen MR) is 65.0 cm³/mol. The van der Waals surface area contributed by atoms with Gasteiger partial charge in [0.2, 0.25) is 12.3 Å². The highest BCUT2D eigenvalue weighted by Crippen LogP contribution is 2.02. The number of allylic oxidation sites excluding steroid dienone is 3. The molecule has 5 heteroatoms. The molecule has 0 fully saturated rings. The normalized spacial score (nSPS) is 11.9. The Labute approximate surface area is 101 Å². The number of carbonyl (C=O) groups excluding carboxylic acids is 3. The second kappa shape index (κ2) is 9.33. The van der Waals surface area contributed by atoms with Crippen molar-refractivity contribution in [3.05, 3.63) is 23.4 Å². The van der Waals surface area contributed by atoms with Gasteiger partial charge in [0.15, 0.2) is 0 Å². The van der Waals surface area contributed by atoms with Gasteiger partial charge < -0.3 is 10.6 Å². The zero-order valence-electron chi connectivity index (χ0n) is 10.2. The molecule has 5 nitrogen and oxygen atoms in total. The lowest BCUT2D eigenvalue weighted by molar-refractivity contribution is -0.120. The lowest BCUT2D eigenvalue weighted by Gasteiger charge is -2.06. The molecule has 0 heterocycles. The topological polar surface area (TPSA) is 75.3 Å². The van der Waals surface area contributed by atoms with Crippen LogP contribution in [0.1, 0.15) is 26.7 Å². The van der Waals surface area contributed by atoms with Crippen molar-refractivity contribution in [2.75, 3.05) is 6.54 Å². The van der Waals surface area contributed by atoms with E-state index in [4.69, 9.17) is 0 Å². The number of rotatable bonds is 8. The minimum atomic E-state index is -0.204. The number of aldehydes is 1. The summed E-state index contributed by atoms with van der Waals surface area (Å²) in [6, 6.07) is 0. The molecule has 0 saturated carbocycles. The Kier molecular flexibility index (Phi) is 8.28. The van der Waals surface area contributed by atoms with E-state index < -0.39 is 0 Å². The van der Waals surface area contributed by atoms with Crippen LogP contribution in [0.5, 0.6) is 0 Å². The van der Waals surface area contributed by atoms with Crippen molar-refractivity contribution in [2.45, 2.75) is 26.7 Å². The summed E-state index contributed by atoms with van der Waals surface area (Å²) in [6.45, 7) is 3.93. The third-order valence-corrected chi connectivity index (χ3v) is 2.08. The zero-order chi connectivity index (χ0) is 13.1. The highest BCUT2D eigenvalue weighted by atomic mass is 16.2. The van der Waals surface area contributed by atoms with E-state index in [1.165, 1.54) is 0 Å². The SMILES string of the molecule is C/C=C(\C=C(\C=O)CC)NC(=O)CCNC=O. The van der Waals surface area contributed by atoms with Crippen molar-refractivity contribution in [1.82, 2.24) is 10.6 Å². The summed E-state index contributed by atoms with van der Waals surface area (Å²) in [5.74, 6) is -0.204. The van der Waals surface area contributed by atoms with Crippen LogP contribution in [0.3, 0.4) is 0 Å². The van der Waals surface area contributed by atoms with Crippen LogP contribution in [0.25, 0.3) is 0 Å². The zero-order valence-corrected chi connectivity index (χ0v) is 10.2. The smallest absolute Gasteiger partial charge is 0.226 e. The fourth-order valence-electron chi connectivity index (χ4n) is 1.08. The average Bonchev–Trinajstić information content (AvgIpc) is 2.34. The molecule has 0 radical (unpaired) electrons. The molecule has 0 aromatic heterocycles. The molecule has 2 amide bonds. The van der Waals surface area contributed by atoms with Gasteiger partial charge in [0.1, 0.15) is 6.29 Å². The van der Waals surface area contributed by atoms with Crippen LogP contribution < -0.4 is 10.6 Å². The summed E-state index contributed by atoms with van der Waals surface area (Å²) in [6.07, 6.45) is 5.48. The first kappa shape index (κ1) is 15.1. The quantitative estimate of drug-likeness (QED) is 0.282. The minimum Gasteiger partial charge on any atom is -0.358 e. The number of amides is 2.